The maximum absolute atomic E-state index is 5.53. The van der Waals surface area contributed by atoms with Gasteiger partial charge in [-0.25, -0.2) is 0 Å². The molecule has 0 radical (unpaired) electrons. The van der Waals surface area contributed by atoms with E-state index in [0.717, 1.165) is 29.0 Å². The van der Waals surface area contributed by atoms with Gasteiger partial charge in [0.25, 0.3) is 0 Å². The molecule has 0 saturated heterocycles. The van der Waals surface area contributed by atoms with Gasteiger partial charge in [0.2, 0.25) is 0 Å². The van der Waals surface area contributed by atoms with Crippen LogP contribution in [0.2, 0.25) is 0 Å². The third-order valence-corrected chi connectivity index (χ3v) is 3.52. The highest BCUT2D eigenvalue weighted by Gasteiger charge is 2.07. The average Bonchev–Trinajstić information content (AvgIpc) is 2.42. The maximum atomic E-state index is 5.53. The highest BCUT2D eigenvalue weighted by molar-refractivity contribution is 7.80. The summed E-state index contributed by atoms with van der Waals surface area (Å²) >= 11 is 5.53. The molecule has 0 atom stereocenters. The van der Waals surface area contributed by atoms with Gasteiger partial charge in [0.1, 0.15) is 5.75 Å². The van der Waals surface area contributed by atoms with Gasteiger partial charge in [-0.3, -0.25) is 0 Å². The molecule has 0 unspecified atom stereocenters. The van der Waals surface area contributed by atoms with Crippen molar-refractivity contribution < 1.29 is 4.74 Å². The van der Waals surface area contributed by atoms with E-state index in [1.54, 1.807) is 7.11 Å². The molecule has 2 rings (SSSR count). The molecular weight excluding hydrogens is 252 g/mol. The number of thiocarbonyl (C=S) groups is 1. The van der Waals surface area contributed by atoms with Gasteiger partial charge in [-0.05, 0) is 29.7 Å². The SMILES string of the molecule is COc1ccccc1CC(=S)Cc1ccccc1C. The van der Waals surface area contributed by atoms with Crippen molar-refractivity contribution >= 4 is 17.1 Å². The molecule has 0 aromatic heterocycles. The van der Waals surface area contributed by atoms with Crippen molar-refractivity contribution in [3.63, 3.8) is 0 Å². The molecule has 0 fully saturated rings. The van der Waals surface area contributed by atoms with E-state index < -0.39 is 0 Å². The van der Waals surface area contributed by atoms with Gasteiger partial charge in [-0.1, -0.05) is 54.7 Å². The molecule has 0 spiro atoms. The highest BCUT2D eigenvalue weighted by atomic mass is 32.1. The van der Waals surface area contributed by atoms with Crippen LogP contribution in [0.1, 0.15) is 16.7 Å². The molecule has 19 heavy (non-hydrogen) atoms. The Bertz CT molecular complexity index is 575. The Labute approximate surface area is 120 Å². The van der Waals surface area contributed by atoms with Crippen molar-refractivity contribution in [2.75, 3.05) is 7.11 Å². The van der Waals surface area contributed by atoms with Gasteiger partial charge >= 0.3 is 0 Å². The third kappa shape index (κ3) is 3.65. The molecule has 0 aliphatic rings. The minimum Gasteiger partial charge on any atom is -0.496 e. The molecule has 98 valence electrons. The number of hydrogen-bond donors (Lipinski definition) is 0. The van der Waals surface area contributed by atoms with E-state index in [2.05, 4.69) is 37.3 Å². The third-order valence-electron chi connectivity index (χ3n) is 3.23. The minimum absolute atomic E-state index is 0.785. The van der Waals surface area contributed by atoms with Crippen LogP contribution in [0, 0.1) is 6.92 Å². The minimum atomic E-state index is 0.785. The van der Waals surface area contributed by atoms with Crippen LogP contribution < -0.4 is 4.74 Å². The van der Waals surface area contributed by atoms with E-state index >= 15 is 0 Å². The van der Waals surface area contributed by atoms with Crippen LogP contribution in [0.5, 0.6) is 5.75 Å². The first-order chi connectivity index (χ1) is 9.20. The van der Waals surface area contributed by atoms with Crippen LogP contribution in [0.25, 0.3) is 0 Å². The van der Waals surface area contributed by atoms with Gasteiger partial charge in [-0.15, -0.1) is 0 Å². The number of benzene rings is 2. The average molecular weight is 270 g/mol. The van der Waals surface area contributed by atoms with Crippen molar-refractivity contribution in [2.24, 2.45) is 0 Å². The molecule has 0 amide bonds. The summed E-state index contributed by atoms with van der Waals surface area (Å²) in [6.07, 6.45) is 1.63. The molecule has 2 aromatic carbocycles. The molecule has 0 saturated carbocycles. The Kier molecular flexibility index (Phi) is 4.69. The van der Waals surface area contributed by atoms with Gasteiger partial charge in [0, 0.05) is 17.7 Å². The van der Waals surface area contributed by atoms with Crippen LogP contribution in [-0.2, 0) is 12.8 Å². The van der Waals surface area contributed by atoms with E-state index in [4.69, 9.17) is 17.0 Å². The van der Waals surface area contributed by atoms with Crippen molar-refractivity contribution in [3.05, 3.63) is 65.2 Å². The Hall–Kier alpha value is -1.67. The highest BCUT2D eigenvalue weighted by Crippen LogP contribution is 2.19. The lowest BCUT2D eigenvalue weighted by Gasteiger charge is -2.10. The summed E-state index contributed by atoms with van der Waals surface area (Å²) in [5, 5.41) is 0. The first-order valence-corrected chi connectivity index (χ1v) is 6.79. The number of hydrogen-bond acceptors (Lipinski definition) is 2. The summed E-state index contributed by atoms with van der Waals surface area (Å²) < 4.78 is 5.36. The molecule has 0 N–H and O–H groups in total. The number of para-hydroxylation sites is 1. The molecule has 0 heterocycles. The van der Waals surface area contributed by atoms with Crippen molar-refractivity contribution in [1.29, 1.82) is 0 Å². The summed E-state index contributed by atoms with van der Waals surface area (Å²) in [4.78, 5) is 1.04. The van der Waals surface area contributed by atoms with E-state index in [1.165, 1.54) is 11.1 Å². The van der Waals surface area contributed by atoms with Gasteiger partial charge in [0.15, 0.2) is 0 Å². The second kappa shape index (κ2) is 6.48. The number of methoxy groups -OCH3 is 1. The Morgan fingerprint density at radius 3 is 2.21 bits per heavy atom. The van der Waals surface area contributed by atoms with Crippen molar-refractivity contribution in [3.8, 4) is 5.75 Å². The molecule has 0 aliphatic heterocycles. The zero-order valence-electron chi connectivity index (χ0n) is 11.3. The largest absolute Gasteiger partial charge is 0.496 e. The predicted molar refractivity (Wildman–Crippen MR) is 84.2 cm³/mol. The van der Waals surface area contributed by atoms with E-state index in [-0.39, 0.29) is 0 Å². The van der Waals surface area contributed by atoms with E-state index in [1.807, 2.05) is 18.2 Å². The predicted octanol–water partition coefficient (Wildman–Crippen LogP) is 4.16. The van der Waals surface area contributed by atoms with Crippen LogP contribution in [0.3, 0.4) is 0 Å². The van der Waals surface area contributed by atoms with Crippen molar-refractivity contribution in [1.82, 2.24) is 0 Å². The van der Waals surface area contributed by atoms with Crippen LogP contribution >= 0.6 is 12.2 Å². The summed E-state index contributed by atoms with van der Waals surface area (Å²) in [5.74, 6) is 0.912. The molecular formula is C17H18OS. The van der Waals surface area contributed by atoms with E-state index in [9.17, 15) is 0 Å². The number of ether oxygens (including phenoxy) is 1. The first kappa shape index (κ1) is 13.8. The van der Waals surface area contributed by atoms with Gasteiger partial charge < -0.3 is 4.74 Å². The van der Waals surface area contributed by atoms with Gasteiger partial charge in [0.05, 0.1) is 7.11 Å². The molecule has 0 bridgehead atoms. The summed E-state index contributed by atoms with van der Waals surface area (Å²) in [6, 6.07) is 16.4. The zero-order valence-corrected chi connectivity index (χ0v) is 12.2. The lowest BCUT2D eigenvalue weighted by atomic mass is 10.00. The van der Waals surface area contributed by atoms with E-state index in [0.29, 0.717) is 0 Å². The monoisotopic (exact) mass is 270 g/mol. The van der Waals surface area contributed by atoms with Crippen LogP contribution in [-0.4, -0.2) is 12.0 Å². The fraction of sp³-hybridized carbons (Fsp3) is 0.235. The molecule has 1 nitrogen and oxygen atoms in total. The first-order valence-electron chi connectivity index (χ1n) is 6.39. The van der Waals surface area contributed by atoms with Crippen LogP contribution in [0.4, 0.5) is 0 Å². The Balaban J connectivity index is 2.08. The fourth-order valence-electron chi connectivity index (χ4n) is 2.14. The summed E-state index contributed by atoms with van der Waals surface area (Å²) in [7, 11) is 1.70. The summed E-state index contributed by atoms with van der Waals surface area (Å²) in [5.41, 5.74) is 3.76. The molecule has 0 aliphatic carbocycles. The maximum Gasteiger partial charge on any atom is 0.122 e. The lowest BCUT2D eigenvalue weighted by molar-refractivity contribution is 0.411. The lowest BCUT2D eigenvalue weighted by Crippen LogP contribution is -2.06. The Morgan fingerprint density at radius 1 is 0.947 bits per heavy atom. The quantitative estimate of drug-likeness (QED) is 0.755. The summed E-state index contributed by atoms with van der Waals surface area (Å²) in [6.45, 7) is 2.13. The number of aryl methyl sites for hydroxylation is 1. The second-order valence-corrected chi connectivity index (χ2v) is 5.21. The smallest absolute Gasteiger partial charge is 0.122 e. The number of rotatable bonds is 5. The standard InChI is InChI=1S/C17H18OS/c1-13-7-3-4-8-14(13)11-16(19)12-15-9-5-6-10-17(15)18-2/h3-10H,11-12H2,1-2H3. The topological polar surface area (TPSA) is 9.23 Å². The fourth-order valence-corrected chi connectivity index (χ4v) is 2.46. The van der Waals surface area contributed by atoms with Crippen molar-refractivity contribution in [2.45, 2.75) is 19.8 Å². The normalized spacial score (nSPS) is 10.2. The van der Waals surface area contributed by atoms with Gasteiger partial charge in [-0.2, -0.15) is 0 Å². The van der Waals surface area contributed by atoms with Crippen LogP contribution in [0.15, 0.2) is 48.5 Å². The molecule has 2 heteroatoms. The molecule has 2 aromatic rings. The second-order valence-electron chi connectivity index (χ2n) is 4.63. The Morgan fingerprint density at radius 2 is 1.53 bits per heavy atom. The zero-order chi connectivity index (χ0) is 13.7.